The molecule has 2 aromatic heterocycles. The van der Waals surface area contributed by atoms with Crippen molar-refractivity contribution in [3.63, 3.8) is 0 Å². The van der Waals surface area contributed by atoms with Crippen molar-refractivity contribution < 1.29 is 17.6 Å². The molecule has 1 atom stereocenters. The number of para-hydroxylation sites is 1. The number of aryl methyl sites for hydroxylation is 1. The van der Waals surface area contributed by atoms with E-state index in [-0.39, 0.29) is 5.78 Å². The molecule has 2 aromatic carbocycles. The van der Waals surface area contributed by atoms with Gasteiger partial charge in [-0.05, 0) is 56.3 Å². The molecule has 10 heteroatoms. The van der Waals surface area contributed by atoms with E-state index in [4.69, 9.17) is 4.42 Å². The molecule has 33 heavy (non-hydrogen) atoms. The smallest absolute Gasteiger partial charge is 0.229 e. The monoisotopic (exact) mass is 482 g/mol. The number of nitrogens with zero attached hydrogens (tertiary/aromatic N) is 3. The average Bonchev–Trinajstić information content (AvgIpc) is 3.39. The number of carbonyl (C=O) groups is 1. The number of anilines is 1. The van der Waals surface area contributed by atoms with Gasteiger partial charge in [0.15, 0.2) is 16.8 Å². The van der Waals surface area contributed by atoms with Crippen LogP contribution in [0.5, 0.6) is 0 Å². The number of sulfonamides is 1. The summed E-state index contributed by atoms with van der Waals surface area (Å²) < 4.78 is 32.5. The summed E-state index contributed by atoms with van der Waals surface area (Å²) in [6, 6.07) is 17.9. The number of hydrogen-bond donors (Lipinski definition) is 1. The van der Waals surface area contributed by atoms with Crippen LogP contribution in [0, 0.1) is 6.92 Å². The molecule has 170 valence electrons. The van der Waals surface area contributed by atoms with Gasteiger partial charge < -0.3 is 4.42 Å². The van der Waals surface area contributed by atoms with Gasteiger partial charge in [0.2, 0.25) is 10.0 Å². The van der Waals surface area contributed by atoms with E-state index < -0.39 is 15.3 Å². The summed E-state index contributed by atoms with van der Waals surface area (Å²) in [5.74, 6) is 1.25. The van der Waals surface area contributed by atoms with Gasteiger partial charge in [-0.2, -0.15) is 0 Å². The van der Waals surface area contributed by atoms with E-state index in [2.05, 4.69) is 14.9 Å². The first-order chi connectivity index (χ1) is 15.7. The number of Topliss-reactive ketones (excluding diaryl/α,β-unsaturated/α-hetero) is 1. The summed E-state index contributed by atoms with van der Waals surface area (Å²) in [7, 11) is -3.38. The van der Waals surface area contributed by atoms with E-state index in [0.717, 1.165) is 23.3 Å². The van der Waals surface area contributed by atoms with Crippen molar-refractivity contribution in [2.24, 2.45) is 0 Å². The van der Waals surface area contributed by atoms with Gasteiger partial charge in [0.25, 0.3) is 0 Å². The van der Waals surface area contributed by atoms with Crippen LogP contribution in [-0.4, -0.2) is 40.5 Å². The summed E-state index contributed by atoms with van der Waals surface area (Å²) in [6.07, 6.45) is 2.68. The molecule has 0 amide bonds. The Morgan fingerprint density at radius 3 is 2.36 bits per heavy atom. The summed E-state index contributed by atoms with van der Waals surface area (Å²) in [5, 5.41) is 8.87. The first-order valence-corrected chi connectivity index (χ1v) is 12.8. The van der Waals surface area contributed by atoms with Gasteiger partial charge >= 0.3 is 0 Å². The van der Waals surface area contributed by atoms with Gasteiger partial charge in [0.1, 0.15) is 5.76 Å². The van der Waals surface area contributed by atoms with Crippen LogP contribution >= 0.6 is 11.8 Å². The highest BCUT2D eigenvalue weighted by molar-refractivity contribution is 8.00. The third kappa shape index (κ3) is 5.18. The molecule has 0 aliphatic heterocycles. The maximum absolute atomic E-state index is 13.1. The van der Waals surface area contributed by atoms with E-state index in [0.29, 0.717) is 22.2 Å². The predicted octanol–water partition coefficient (Wildman–Crippen LogP) is 4.57. The summed E-state index contributed by atoms with van der Waals surface area (Å²) in [6.45, 7) is 3.67. The van der Waals surface area contributed by atoms with Crippen LogP contribution in [-0.2, 0) is 10.0 Å². The van der Waals surface area contributed by atoms with Gasteiger partial charge in [-0.1, -0.05) is 30.0 Å². The fourth-order valence-corrected chi connectivity index (χ4v) is 4.82. The normalized spacial score (nSPS) is 12.5. The zero-order valence-corrected chi connectivity index (χ0v) is 19.9. The van der Waals surface area contributed by atoms with Gasteiger partial charge in [0.05, 0.1) is 23.3 Å². The second-order valence-corrected chi connectivity index (χ2v) is 10.5. The third-order valence-electron chi connectivity index (χ3n) is 4.87. The summed E-state index contributed by atoms with van der Waals surface area (Å²) >= 11 is 1.30. The first kappa shape index (κ1) is 22.8. The molecule has 0 saturated carbocycles. The first-order valence-electron chi connectivity index (χ1n) is 10.1. The third-order valence-corrected chi connectivity index (χ3v) is 6.52. The average molecular weight is 483 g/mol. The molecule has 0 aliphatic rings. The summed E-state index contributed by atoms with van der Waals surface area (Å²) in [4.78, 5) is 13.1. The number of thioether (sulfide) groups is 1. The van der Waals surface area contributed by atoms with Crippen molar-refractivity contribution in [1.82, 2.24) is 14.8 Å². The van der Waals surface area contributed by atoms with E-state index in [9.17, 15) is 13.2 Å². The fourth-order valence-electron chi connectivity index (χ4n) is 3.31. The molecule has 4 aromatic rings. The lowest BCUT2D eigenvalue weighted by Crippen LogP contribution is -2.15. The number of ketones is 1. The van der Waals surface area contributed by atoms with Gasteiger partial charge in [-0.25, -0.2) is 8.42 Å². The zero-order chi connectivity index (χ0) is 23.6. The number of carbonyl (C=O) groups excluding carboxylic acids is 1. The Labute approximate surface area is 196 Å². The molecule has 0 spiro atoms. The molecular formula is C23H22N4O4S2. The quantitative estimate of drug-likeness (QED) is 0.289. The standard InChI is InChI=1S/C23H22N4O4S2/c1-15-20(13-14-31-15)22-24-25-23(27(22)19-7-5-4-6-8-19)32-16(2)21(28)17-9-11-18(12-10-17)26-33(3,29)30/h4-14,16,26H,1-3H3. The van der Waals surface area contributed by atoms with Crippen molar-refractivity contribution in [3.05, 3.63) is 78.3 Å². The fraction of sp³-hybridized carbons (Fsp3) is 0.174. The number of aromatic nitrogens is 3. The van der Waals surface area contributed by atoms with Crippen molar-refractivity contribution >= 4 is 33.3 Å². The Bertz CT molecular complexity index is 1380. The minimum absolute atomic E-state index is 0.102. The minimum Gasteiger partial charge on any atom is -0.469 e. The maximum Gasteiger partial charge on any atom is 0.229 e. The topological polar surface area (TPSA) is 107 Å². The van der Waals surface area contributed by atoms with E-state index in [1.807, 2.05) is 54.8 Å². The number of furan rings is 1. The molecule has 0 aliphatic carbocycles. The molecular weight excluding hydrogens is 460 g/mol. The molecule has 0 bridgehead atoms. The minimum atomic E-state index is -3.38. The van der Waals surface area contributed by atoms with E-state index in [1.165, 1.54) is 11.8 Å². The molecule has 0 fully saturated rings. The highest BCUT2D eigenvalue weighted by Gasteiger charge is 2.24. The summed E-state index contributed by atoms with van der Waals surface area (Å²) in [5.41, 5.74) is 2.58. The Hall–Kier alpha value is -3.37. The molecule has 0 saturated heterocycles. The highest BCUT2D eigenvalue weighted by atomic mass is 32.2. The zero-order valence-electron chi connectivity index (χ0n) is 18.2. The number of benzene rings is 2. The molecule has 1 unspecified atom stereocenters. The SMILES string of the molecule is Cc1occc1-c1nnc(SC(C)C(=O)c2ccc(NS(C)(=O)=O)cc2)n1-c1ccccc1. The van der Waals surface area contributed by atoms with Crippen molar-refractivity contribution in [2.75, 3.05) is 11.0 Å². The predicted molar refractivity (Wildman–Crippen MR) is 128 cm³/mol. The Balaban J connectivity index is 1.62. The van der Waals surface area contributed by atoms with Crippen LogP contribution < -0.4 is 4.72 Å². The van der Waals surface area contributed by atoms with E-state index in [1.54, 1.807) is 30.5 Å². The van der Waals surface area contributed by atoms with Crippen LogP contribution in [0.2, 0.25) is 0 Å². The highest BCUT2D eigenvalue weighted by Crippen LogP contribution is 2.32. The van der Waals surface area contributed by atoms with E-state index >= 15 is 0 Å². The second kappa shape index (κ2) is 9.24. The van der Waals surface area contributed by atoms with Gasteiger partial charge in [0, 0.05) is 16.9 Å². The number of nitrogens with one attached hydrogen (secondary N) is 1. The van der Waals surface area contributed by atoms with Crippen molar-refractivity contribution in [1.29, 1.82) is 0 Å². The van der Waals surface area contributed by atoms with Crippen LogP contribution in [0.3, 0.4) is 0 Å². The number of rotatable bonds is 8. The van der Waals surface area contributed by atoms with Gasteiger partial charge in [-0.3, -0.25) is 14.1 Å². The molecule has 2 heterocycles. The lowest BCUT2D eigenvalue weighted by Gasteiger charge is -2.13. The van der Waals surface area contributed by atoms with Crippen molar-refractivity contribution in [3.8, 4) is 17.1 Å². The van der Waals surface area contributed by atoms with Gasteiger partial charge in [-0.15, -0.1) is 10.2 Å². The lowest BCUT2D eigenvalue weighted by molar-refractivity contribution is 0.0994. The second-order valence-electron chi connectivity index (χ2n) is 7.44. The number of hydrogen-bond acceptors (Lipinski definition) is 7. The Kier molecular flexibility index (Phi) is 6.39. The molecule has 4 rings (SSSR count). The van der Waals surface area contributed by atoms with Crippen LogP contribution in [0.1, 0.15) is 23.0 Å². The Morgan fingerprint density at radius 2 is 1.76 bits per heavy atom. The largest absolute Gasteiger partial charge is 0.469 e. The van der Waals surface area contributed by atoms with Crippen molar-refractivity contribution in [2.45, 2.75) is 24.3 Å². The Morgan fingerprint density at radius 1 is 1.06 bits per heavy atom. The maximum atomic E-state index is 13.1. The van der Waals surface area contributed by atoms with Crippen LogP contribution in [0.25, 0.3) is 17.1 Å². The molecule has 8 nitrogen and oxygen atoms in total. The van der Waals surface area contributed by atoms with Crippen LogP contribution in [0.4, 0.5) is 5.69 Å². The van der Waals surface area contributed by atoms with Crippen LogP contribution in [0.15, 0.2) is 76.5 Å². The molecule has 0 radical (unpaired) electrons. The lowest BCUT2D eigenvalue weighted by atomic mass is 10.1. The molecule has 1 N–H and O–H groups in total.